The topological polar surface area (TPSA) is 13.1 Å². The van der Waals surface area contributed by atoms with E-state index in [1.807, 2.05) is 6.07 Å². The highest BCUT2D eigenvalue weighted by Crippen LogP contribution is 2.38. The number of hydrogen-bond acceptors (Lipinski definition) is 1. The van der Waals surface area contributed by atoms with Gasteiger partial charge in [0.2, 0.25) is 0 Å². The van der Waals surface area contributed by atoms with Crippen molar-refractivity contribution in [3.8, 4) is 11.1 Å². The molecule has 1 heterocycles. The fourth-order valence-electron chi connectivity index (χ4n) is 5.92. The Morgan fingerprint density at radius 3 is 2.18 bits per heavy atom. The van der Waals surface area contributed by atoms with Gasteiger partial charge in [0.05, 0.1) is 0 Å². The van der Waals surface area contributed by atoms with Crippen LogP contribution in [0.25, 0.3) is 44.2 Å². The summed E-state index contributed by atoms with van der Waals surface area (Å²) in [7, 11) is 0. The lowest BCUT2D eigenvalue weighted by atomic mass is 9.82. The molecule has 5 aromatic carbocycles. The average Bonchev–Trinajstić information content (AvgIpc) is 3.39. The van der Waals surface area contributed by atoms with Crippen molar-refractivity contribution in [2.75, 3.05) is 0 Å². The number of benzene rings is 5. The smallest absolute Gasteiger partial charge is 0.142 e. The summed E-state index contributed by atoms with van der Waals surface area (Å²) in [4.78, 5) is 0. The Morgan fingerprint density at radius 1 is 0.615 bits per heavy atom. The zero-order valence-corrected chi connectivity index (χ0v) is 21.9. The van der Waals surface area contributed by atoms with Crippen LogP contribution in [-0.4, -0.2) is 0 Å². The van der Waals surface area contributed by atoms with E-state index in [2.05, 4.69) is 140 Å². The van der Waals surface area contributed by atoms with Gasteiger partial charge in [-0.25, -0.2) is 0 Å². The summed E-state index contributed by atoms with van der Waals surface area (Å²) >= 11 is 0. The van der Waals surface area contributed by atoms with Gasteiger partial charge in [-0.1, -0.05) is 127 Å². The highest BCUT2D eigenvalue weighted by molar-refractivity contribution is 6.08. The summed E-state index contributed by atoms with van der Waals surface area (Å²) in [6, 6.07) is 43.3. The molecule has 0 bridgehead atoms. The lowest BCUT2D eigenvalue weighted by Crippen LogP contribution is -2.33. The van der Waals surface area contributed by atoms with Gasteiger partial charge in [0.15, 0.2) is 0 Å². The SMILES string of the molecule is C/C=C\C=C1/CC(c2cccc3c2oc2ccccc23)=c2ccccc2=C1c1cccc(-c2ccccc2)c1. The van der Waals surface area contributed by atoms with Gasteiger partial charge in [-0.2, -0.15) is 0 Å². The van der Waals surface area contributed by atoms with Crippen molar-refractivity contribution >= 4 is 33.1 Å². The highest BCUT2D eigenvalue weighted by atomic mass is 16.3. The van der Waals surface area contributed by atoms with Gasteiger partial charge in [-0.15, -0.1) is 0 Å². The molecular weight excluding hydrogens is 472 g/mol. The molecule has 39 heavy (non-hydrogen) atoms. The Bertz CT molecular complexity index is 2030. The summed E-state index contributed by atoms with van der Waals surface area (Å²) in [6.07, 6.45) is 7.36. The minimum Gasteiger partial charge on any atom is -0.455 e. The van der Waals surface area contributed by atoms with Gasteiger partial charge in [0, 0.05) is 16.3 Å². The van der Waals surface area contributed by atoms with E-state index in [1.165, 1.54) is 49.4 Å². The molecule has 0 saturated carbocycles. The molecule has 0 unspecified atom stereocenters. The molecule has 1 heteroatoms. The lowest BCUT2D eigenvalue weighted by molar-refractivity contribution is 0.667. The minimum absolute atomic E-state index is 0.822. The van der Waals surface area contributed by atoms with Crippen LogP contribution >= 0.6 is 0 Å². The van der Waals surface area contributed by atoms with Crippen molar-refractivity contribution in [3.63, 3.8) is 0 Å². The highest BCUT2D eigenvalue weighted by Gasteiger charge is 2.22. The quantitative estimate of drug-likeness (QED) is 0.236. The van der Waals surface area contributed by atoms with E-state index < -0.39 is 0 Å². The third-order valence-corrected chi connectivity index (χ3v) is 7.69. The third kappa shape index (κ3) is 4.04. The largest absolute Gasteiger partial charge is 0.455 e. The first kappa shape index (κ1) is 23.3. The van der Waals surface area contributed by atoms with E-state index in [0.29, 0.717) is 0 Å². The summed E-state index contributed by atoms with van der Waals surface area (Å²) in [5.74, 6) is 0. The van der Waals surface area contributed by atoms with Crippen LogP contribution in [0.1, 0.15) is 24.5 Å². The van der Waals surface area contributed by atoms with Crippen molar-refractivity contribution in [1.29, 1.82) is 0 Å². The van der Waals surface area contributed by atoms with E-state index in [1.54, 1.807) is 0 Å². The van der Waals surface area contributed by atoms with Crippen molar-refractivity contribution in [1.82, 2.24) is 0 Å². The molecule has 0 N–H and O–H groups in total. The predicted molar refractivity (Wildman–Crippen MR) is 164 cm³/mol. The molecule has 186 valence electrons. The maximum absolute atomic E-state index is 6.48. The number of furan rings is 1. The zero-order chi connectivity index (χ0) is 26.2. The first-order valence-electron chi connectivity index (χ1n) is 13.5. The molecule has 0 spiro atoms. The van der Waals surface area contributed by atoms with Crippen molar-refractivity contribution in [2.24, 2.45) is 0 Å². The molecule has 6 aromatic rings. The summed E-state index contributed by atoms with van der Waals surface area (Å²) in [5, 5.41) is 4.85. The number of allylic oxidation sites excluding steroid dienone is 4. The molecule has 0 fully saturated rings. The van der Waals surface area contributed by atoms with Crippen LogP contribution in [-0.2, 0) is 0 Å². The molecule has 1 nitrogen and oxygen atoms in total. The number of rotatable bonds is 4. The molecule has 0 saturated heterocycles. The van der Waals surface area contributed by atoms with Crippen LogP contribution in [0, 0.1) is 0 Å². The Kier molecular flexibility index (Phi) is 5.83. The normalized spacial score (nSPS) is 14.5. The Hall–Kier alpha value is -4.88. The van der Waals surface area contributed by atoms with Crippen LogP contribution in [0.2, 0.25) is 0 Å². The van der Waals surface area contributed by atoms with Crippen molar-refractivity contribution < 1.29 is 4.42 Å². The van der Waals surface area contributed by atoms with Crippen LogP contribution in [0.5, 0.6) is 0 Å². The molecular formula is C38H28O. The molecule has 1 aliphatic carbocycles. The molecule has 0 aliphatic heterocycles. The second-order valence-corrected chi connectivity index (χ2v) is 10.0. The van der Waals surface area contributed by atoms with Crippen molar-refractivity contribution in [2.45, 2.75) is 13.3 Å². The van der Waals surface area contributed by atoms with Crippen molar-refractivity contribution in [3.05, 3.63) is 167 Å². The fraction of sp³-hybridized carbons (Fsp3) is 0.0526. The standard InChI is InChI=1S/C38H28O/c1-2-3-13-29-25-35(34-22-12-21-33-31-19-9-10-23-36(31)39-38(33)34)30-18-7-8-20-32(30)37(29)28-17-11-16-27(24-28)26-14-5-4-6-15-26/h2-24H,25H2,1H3/b3-2-,29-13+. The fourth-order valence-corrected chi connectivity index (χ4v) is 5.92. The molecule has 0 amide bonds. The monoisotopic (exact) mass is 500 g/mol. The Balaban J connectivity index is 1.55. The molecule has 7 rings (SSSR count). The molecule has 0 radical (unpaired) electrons. The maximum Gasteiger partial charge on any atom is 0.142 e. The van der Waals surface area contributed by atoms with Gasteiger partial charge in [-0.05, 0) is 69.3 Å². The van der Waals surface area contributed by atoms with Crippen LogP contribution in [0.15, 0.2) is 150 Å². The van der Waals surface area contributed by atoms with Crippen LogP contribution in [0.3, 0.4) is 0 Å². The predicted octanol–water partition coefficient (Wildman–Crippen LogP) is 8.56. The summed E-state index contributed by atoms with van der Waals surface area (Å²) < 4.78 is 6.48. The number of fused-ring (bicyclic) bond motifs is 4. The maximum atomic E-state index is 6.48. The zero-order valence-electron chi connectivity index (χ0n) is 21.9. The summed E-state index contributed by atoms with van der Waals surface area (Å²) in [5.41, 5.74) is 10.6. The first-order valence-corrected chi connectivity index (χ1v) is 13.5. The van der Waals surface area contributed by atoms with E-state index in [9.17, 15) is 0 Å². The van der Waals surface area contributed by atoms with E-state index in [0.717, 1.165) is 28.4 Å². The van der Waals surface area contributed by atoms with Crippen LogP contribution in [0.4, 0.5) is 0 Å². The lowest BCUT2D eigenvalue weighted by Gasteiger charge is -2.22. The second-order valence-electron chi connectivity index (χ2n) is 10.0. The van der Waals surface area contributed by atoms with E-state index in [-0.39, 0.29) is 0 Å². The van der Waals surface area contributed by atoms with Gasteiger partial charge in [0.1, 0.15) is 11.2 Å². The number of para-hydroxylation sites is 2. The molecule has 1 aliphatic rings. The first-order chi connectivity index (χ1) is 19.3. The van der Waals surface area contributed by atoms with Gasteiger partial charge in [0.25, 0.3) is 0 Å². The average molecular weight is 501 g/mol. The molecule has 0 atom stereocenters. The van der Waals surface area contributed by atoms with Gasteiger partial charge < -0.3 is 4.42 Å². The van der Waals surface area contributed by atoms with E-state index in [4.69, 9.17) is 4.42 Å². The van der Waals surface area contributed by atoms with Gasteiger partial charge in [-0.3, -0.25) is 0 Å². The Labute approximate surface area is 228 Å². The second kappa shape index (κ2) is 9.78. The Morgan fingerprint density at radius 2 is 1.31 bits per heavy atom. The van der Waals surface area contributed by atoms with Gasteiger partial charge >= 0.3 is 0 Å². The van der Waals surface area contributed by atoms with Crippen LogP contribution < -0.4 is 10.4 Å². The number of hydrogen-bond donors (Lipinski definition) is 0. The minimum atomic E-state index is 0.822. The molecule has 1 aromatic heterocycles. The van der Waals surface area contributed by atoms with E-state index >= 15 is 0 Å². The summed E-state index contributed by atoms with van der Waals surface area (Å²) in [6.45, 7) is 2.07. The third-order valence-electron chi connectivity index (χ3n) is 7.69.